The molecule has 0 spiro atoms. The predicted octanol–water partition coefficient (Wildman–Crippen LogP) is 0.983. The fourth-order valence-electron chi connectivity index (χ4n) is 1.42. The Morgan fingerprint density at radius 1 is 1.50 bits per heavy atom. The Balaban J connectivity index is 2.27. The van der Waals surface area contributed by atoms with Crippen LogP contribution in [0.5, 0.6) is 0 Å². The zero-order valence-corrected chi connectivity index (χ0v) is 9.82. The first kappa shape index (κ1) is 11.9. The van der Waals surface area contributed by atoms with E-state index in [1.165, 1.54) is 0 Å². The van der Waals surface area contributed by atoms with Crippen LogP contribution >= 0.6 is 11.8 Å². The molecule has 1 rings (SSSR count). The van der Waals surface area contributed by atoms with Gasteiger partial charge in [0.15, 0.2) is 0 Å². The molecule has 1 saturated heterocycles. The van der Waals surface area contributed by atoms with Gasteiger partial charge >= 0.3 is 0 Å². The van der Waals surface area contributed by atoms with E-state index < -0.39 is 0 Å². The molecule has 1 heterocycles. The third-order valence-corrected chi connectivity index (χ3v) is 3.36. The fourth-order valence-corrected chi connectivity index (χ4v) is 2.53. The molecule has 0 unspecified atom stereocenters. The zero-order valence-electron chi connectivity index (χ0n) is 9.01. The third kappa shape index (κ3) is 4.33. The summed E-state index contributed by atoms with van der Waals surface area (Å²) < 4.78 is 0. The number of amides is 1. The van der Waals surface area contributed by atoms with Crippen LogP contribution in [0.2, 0.25) is 0 Å². The topological polar surface area (TPSA) is 55.1 Å². The standard InChI is InChI=1S/C10H20N2OS/c1-10(2,11)7-12-9(13)8-3-5-14-6-4-8/h8H,3-7,11H2,1-2H3,(H,12,13). The Morgan fingerprint density at radius 3 is 2.57 bits per heavy atom. The normalized spacial score (nSPS) is 19.4. The molecule has 82 valence electrons. The first-order valence-corrected chi connectivity index (χ1v) is 6.29. The first-order valence-electron chi connectivity index (χ1n) is 5.13. The number of rotatable bonds is 3. The maximum absolute atomic E-state index is 11.7. The Kier molecular flexibility index (Phi) is 4.26. The Morgan fingerprint density at radius 2 is 2.07 bits per heavy atom. The zero-order chi connectivity index (χ0) is 10.6. The van der Waals surface area contributed by atoms with E-state index in [2.05, 4.69) is 5.32 Å². The van der Waals surface area contributed by atoms with Crippen molar-refractivity contribution in [1.82, 2.24) is 5.32 Å². The fraction of sp³-hybridized carbons (Fsp3) is 0.900. The van der Waals surface area contributed by atoms with E-state index in [4.69, 9.17) is 5.73 Å². The molecular formula is C10H20N2OS. The van der Waals surface area contributed by atoms with E-state index in [0.717, 1.165) is 24.3 Å². The summed E-state index contributed by atoms with van der Waals surface area (Å²) in [5.41, 5.74) is 5.49. The number of hydrogen-bond donors (Lipinski definition) is 2. The van der Waals surface area contributed by atoms with E-state index in [-0.39, 0.29) is 17.4 Å². The van der Waals surface area contributed by atoms with Gasteiger partial charge in [0.25, 0.3) is 0 Å². The molecule has 1 fully saturated rings. The van der Waals surface area contributed by atoms with E-state index in [1.807, 2.05) is 25.6 Å². The van der Waals surface area contributed by atoms with Gasteiger partial charge in [-0.05, 0) is 38.2 Å². The molecule has 1 aliphatic rings. The smallest absolute Gasteiger partial charge is 0.223 e. The lowest BCUT2D eigenvalue weighted by molar-refractivity contribution is -0.125. The highest BCUT2D eigenvalue weighted by Gasteiger charge is 2.22. The SMILES string of the molecule is CC(C)(N)CNC(=O)C1CCSCC1. The lowest BCUT2D eigenvalue weighted by atomic mass is 10.0. The summed E-state index contributed by atoms with van der Waals surface area (Å²) in [7, 11) is 0. The van der Waals surface area contributed by atoms with Gasteiger partial charge in [0.1, 0.15) is 0 Å². The van der Waals surface area contributed by atoms with E-state index >= 15 is 0 Å². The van der Waals surface area contributed by atoms with Gasteiger partial charge in [0, 0.05) is 18.0 Å². The second-order valence-corrected chi connectivity index (χ2v) is 5.82. The summed E-state index contributed by atoms with van der Waals surface area (Å²) in [5, 5.41) is 2.92. The Labute approximate surface area is 90.2 Å². The van der Waals surface area contributed by atoms with Crippen molar-refractivity contribution < 1.29 is 4.79 Å². The van der Waals surface area contributed by atoms with Crippen LogP contribution < -0.4 is 11.1 Å². The Hall–Kier alpha value is -0.220. The van der Waals surface area contributed by atoms with Crippen molar-refractivity contribution in [3.8, 4) is 0 Å². The highest BCUT2D eigenvalue weighted by atomic mass is 32.2. The Bertz CT molecular complexity index is 195. The van der Waals surface area contributed by atoms with Crippen molar-refractivity contribution in [3.63, 3.8) is 0 Å². The molecule has 0 aromatic heterocycles. The average molecular weight is 216 g/mol. The molecule has 14 heavy (non-hydrogen) atoms. The van der Waals surface area contributed by atoms with Crippen molar-refractivity contribution in [3.05, 3.63) is 0 Å². The van der Waals surface area contributed by atoms with Crippen LogP contribution in [0.25, 0.3) is 0 Å². The number of carbonyl (C=O) groups excluding carboxylic acids is 1. The van der Waals surface area contributed by atoms with E-state index in [1.54, 1.807) is 0 Å². The summed E-state index contributed by atoms with van der Waals surface area (Å²) in [5.74, 6) is 2.64. The number of hydrogen-bond acceptors (Lipinski definition) is 3. The highest BCUT2D eigenvalue weighted by Crippen LogP contribution is 2.22. The molecule has 3 nitrogen and oxygen atoms in total. The molecule has 0 aliphatic carbocycles. The number of nitrogens with two attached hydrogens (primary N) is 1. The van der Waals surface area contributed by atoms with Crippen LogP contribution in [0.3, 0.4) is 0 Å². The summed E-state index contributed by atoms with van der Waals surface area (Å²) in [6, 6.07) is 0. The third-order valence-electron chi connectivity index (χ3n) is 2.31. The lowest BCUT2D eigenvalue weighted by Crippen LogP contribution is -2.47. The average Bonchev–Trinajstić information content (AvgIpc) is 2.14. The van der Waals surface area contributed by atoms with Gasteiger partial charge in [-0.1, -0.05) is 0 Å². The maximum atomic E-state index is 11.7. The largest absolute Gasteiger partial charge is 0.354 e. The van der Waals surface area contributed by atoms with Gasteiger partial charge in [-0.25, -0.2) is 0 Å². The number of nitrogens with one attached hydrogen (secondary N) is 1. The van der Waals surface area contributed by atoms with Crippen molar-refractivity contribution in [1.29, 1.82) is 0 Å². The minimum Gasteiger partial charge on any atom is -0.354 e. The van der Waals surface area contributed by atoms with Gasteiger partial charge < -0.3 is 11.1 Å². The van der Waals surface area contributed by atoms with Gasteiger partial charge in [0.2, 0.25) is 5.91 Å². The van der Waals surface area contributed by atoms with Crippen molar-refractivity contribution in [2.45, 2.75) is 32.2 Å². The van der Waals surface area contributed by atoms with E-state index in [9.17, 15) is 4.79 Å². The van der Waals surface area contributed by atoms with E-state index in [0.29, 0.717) is 6.54 Å². The van der Waals surface area contributed by atoms with Gasteiger partial charge in [-0.2, -0.15) is 11.8 Å². The minimum atomic E-state index is -0.306. The maximum Gasteiger partial charge on any atom is 0.223 e. The summed E-state index contributed by atoms with van der Waals surface area (Å²) in [6.45, 7) is 4.41. The lowest BCUT2D eigenvalue weighted by Gasteiger charge is -2.24. The number of thioether (sulfide) groups is 1. The molecule has 1 amide bonds. The summed E-state index contributed by atoms with van der Waals surface area (Å²) in [4.78, 5) is 11.7. The van der Waals surface area contributed by atoms with Gasteiger partial charge in [-0.3, -0.25) is 4.79 Å². The van der Waals surface area contributed by atoms with Crippen LogP contribution in [0, 0.1) is 5.92 Å². The number of carbonyl (C=O) groups is 1. The summed E-state index contributed by atoms with van der Waals surface area (Å²) >= 11 is 1.94. The first-order chi connectivity index (χ1) is 6.49. The van der Waals surface area contributed by atoms with Gasteiger partial charge in [0.05, 0.1) is 0 Å². The molecule has 0 aromatic rings. The molecule has 1 aliphatic heterocycles. The van der Waals surface area contributed by atoms with Crippen LogP contribution in [-0.2, 0) is 4.79 Å². The van der Waals surface area contributed by atoms with Gasteiger partial charge in [-0.15, -0.1) is 0 Å². The molecule has 0 aromatic carbocycles. The predicted molar refractivity (Wildman–Crippen MR) is 61.3 cm³/mol. The van der Waals surface area contributed by atoms with Crippen molar-refractivity contribution in [2.24, 2.45) is 11.7 Å². The molecular weight excluding hydrogens is 196 g/mol. The molecule has 3 N–H and O–H groups in total. The molecule has 0 atom stereocenters. The monoisotopic (exact) mass is 216 g/mol. The molecule has 4 heteroatoms. The molecule has 0 radical (unpaired) electrons. The molecule has 0 bridgehead atoms. The second kappa shape index (κ2) is 5.03. The van der Waals surface area contributed by atoms with Crippen LogP contribution in [-0.4, -0.2) is 29.5 Å². The summed E-state index contributed by atoms with van der Waals surface area (Å²) in [6.07, 6.45) is 2.03. The quantitative estimate of drug-likeness (QED) is 0.739. The van der Waals surface area contributed by atoms with Crippen LogP contribution in [0.15, 0.2) is 0 Å². The van der Waals surface area contributed by atoms with Crippen molar-refractivity contribution >= 4 is 17.7 Å². The molecule has 0 saturated carbocycles. The second-order valence-electron chi connectivity index (χ2n) is 4.59. The van der Waals surface area contributed by atoms with Crippen molar-refractivity contribution in [2.75, 3.05) is 18.1 Å². The highest BCUT2D eigenvalue weighted by molar-refractivity contribution is 7.99. The van der Waals surface area contributed by atoms with Crippen LogP contribution in [0.4, 0.5) is 0 Å². The van der Waals surface area contributed by atoms with Crippen LogP contribution in [0.1, 0.15) is 26.7 Å². The minimum absolute atomic E-state index is 0.184.